The maximum Gasteiger partial charge on any atom is 0.177 e. The number of rotatable bonds is 2. The average molecular weight is 378 g/mol. The maximum absolute atomic E-state index is 5.03. The minimum Gasteiger partial charge on any atom is -0.353 e. The van der Waals surface area contributed by atoms with E-state index in [1.165, 1.54) is 17.7 Å². The minimum absolute atomic E-state index is 0.0354. The molecule has 1 aliphatic carbocycles. The number of hydrogen-bond acceptors (Lipinski definition) is 7. The van der Waals surface area contributed by atoms with Crippen LogP contribution < -0.4 is 9.80 Å². The Labute approximate surface area is 164 Å². The molecular formula is C20H26N8. The fourth-order valence-electron chi connectivity index (χ4n) is 4.04. The van der Waals surface area contributed by atoms with Crippen LogP contribution in [0.2, 0.25) is 0 Å². The van der Waals surface area contributed by atoms with Gasteiger partial charge in [-0.3, -0.25) is 0 Å². The van der Waals surface area contributed by atoms with Crippen molar-refractivity contribution in [2.24, 2.45) is 0 Å². The zero-order valence-corrected chi connectivity index (χ0v) is 16.8. The van der Waals surface area contributed by atoms with Crippen LogP contribution in [0.1, 0.15) is 44.3 Å². The molecule has 0 atom stereocenters. The summed E-state index contributed by atoms with van der Waals surface area (Å²) in [6.07, 6.45) is 5.01. The van der Waals surface area contributed by atoms with Gasteiger partial charge < -0.3 is 9.80 Å². The van der Waals surface area contributed by atoms with Gasteiger partial charge in [0, 0.05) is 42.9 Å². The summed E-state index contributed by atoms with van der Waals surface area (Å²) in [7, 11) is 0. The van der Waals surface area contributed by atoms with E-state index in [9.17, 15) is 0 Å². The predicted molar refractivity (Wildman–Crippen MR) is 108 cm³/mol. The zero-order chi connectivity index (χ0) is 19.3. The Hall–Kier alpha value is -2.77. The van der Waals surface area contributed by atoms with E-state index in [1.807, 2.05) is 12.1 Å². The van der Waals surface area contributed by atoms with Crippen molar-refractivity contribution < 1.29 is 0 Å². The maximum atomic E-state index is 5.03. The number of fused-ring (bicyclic) bond motifs is 2. The third-order valence-corrected chi connectivity index (χ3v) is 5.63. The van der Waals surface area contributed by atoms with Gasteiger partial charge in [-0.25, -0.2) is 9.97 Å². The fourth-order valence-corrected chi connectivity index (χ4v) is 4.04. The van der Waals surface area contributed by atoms with Gasteiger partial charge in [0.15, 0.2) is 5.65 Å². The molecule has 146 valence electrons. The van der Waals surface area contributed by atoms with Crippen molar-refractivity contribution in [1.82, 2.24) is 29.8 Å². The SMILES string of the molecule is CC(C)(C)c1nc2c(c(N3CCN(c4ccc5nncn5n4)CC3)n1)CCC2. The topological polar surface area (TPSA) is 75.3 Å². The van der Waals surface area contributed by atoms with E-state index in [0.29, 0.717) is 0 Å². The summed E-state index contributed by atoms with van der Waals surface area (Å²) in [6.45, 7) is 10.3. The number of aromatic nitrogens is 6. The van der Waals surface area contributed by atoms with Gasteiger partial charge in [0.05, 0.1) is 0 Å². The van der Waals surface area contributed by atoms with Crippen molar-refractivity contribution in [3.63, 3.8) is 0 Å². The summed E-state index contributed by atoms with van der Waals surface area (Å²) in [5.74, 6) is 3.09. The molecule has 0 aromatic carbocycles. The predicted octanol–water partition coefficient (Wildman–Crippen LogP) is 2.03. The lowest BCUT2D eigenvalue weighted by Gasteiger charge is -2.37. The number of anilines is 2. The van der Waals surface area contributed by atoms with Crippen molar-refractivity contribution in [2.45, 2.75) is 45.4 Å². The second-order valence-corrected chi connectivity index (χ2v) is 8.70. The normalized spacial score (nSPS) is 17.4. The molecule has 0 spiro atoms. The van der Waals surface area contributed by atoms with Crippen molar-refractivity contribution in [2.75, 3.05) is 36.0 Å². The third kappa shape index (κ3) is 2.96. The van der Waals surface area contributed by atoms with Gasteiger partial charge in [-0.05, 0) is 31.4 Å². The van der Waals surface area contributed by atoms with Crippen LogP contribution in [0.3, 0.4) is 0 Å². The molecule has 1 fully saturated rings. The Morgan fingerprint density at radius 3 is 2.50 bits per heavy atom. The Morgan fingerprint density at radius 1 is 0.929 bits per heavy atom. The van der Waals surface area contributed by atoms with Gasteiger partial charge in [-0.2, -0.15) is 4.52 Å². The molecular weight excluding hydrogens is 352 g/mol. The summed E-state index contributed by atoms with van der Waals surface area (Å²) >= 11 is 0. The van der Waals surface area contributed by atoms with Crippen LogP contribution in [0, 0.1) is 0 Å². The molecule has 3 aromatic heterocycles. The van der Waals surface area contributed by atoms with Gasteiger partial charge in [-0.1, -0.05) is 20.8 Å². The monoisotopic (exact) mass is 378 g/mol. The summed E-state index contributed by atoms with van der Waals surface area (Å²) in [5, 5.41) is 12.6. The van der Waals surface area contributed by atoms with Crippen LogP contribution >= 0.6 is 0 Å². The average Bonchev–Trinajstić information content (AvgIpc) is 3.35. The fraction of sp³-hybridized carbons (Fsp3) is 0.550. The molecule has 3 aromatic rings. The first-order chi connectivity index (χ1) is 13.5. The summed E-state index contributed by atoms with van der Waals surface area (Å²) in [4.78, 5) is 14.7. The lowest BCUT2D eigenvalue weighted by Crippen LogP contribution is -2.47. The van der Waals surface area contributed by atoms with Crippen LogP contribution in [0.25, 0.3) is 5.65 Å². The highest BCUT2D eigenvalue weighted by atomic mass is 15.4. The van der Waals surface area contributed by atoms with Crippen LogP contribution in [0.4, 0.5) is 11.6 Å². The van der Waals surface area contributed by atoms with Crippen molar-refractivity contribution in [1.29, 1.82) is 0 Å². The standard InChI is InChI=1S/C20H26N8/c1-20(2,3)19-22-15-6-4-5-14(15)18(23-19)27-11-9-26(10-12-27)17-8-7-16-24-21-13-28(16)25-17/h7-8,13H,4-6,9-12H2,1-3H3. The Balaban J connectivity index is 1.39. The molecule has 28 heavy (non-hydrogen) atoms. The lowest BCUT2D eigenvalue weighted by atomic mass is 9.95. The quantitative estimate of drug-likeness (QED) is 0.675. The van der Waals surface area contributed by atoms with Crippen LogP contribution in [-0.4, -0.2) is 56.0 Å². The Morgan fingerprint density at radius 2 is 1.71 bits per heavy atom. The summed E-state index contributed by atoms with van der Waals surface area (Å²) < 4.78 is 1.73. The van der Waals surface area contributed by atoms with Crippen LogP contribution in [0.5, 0.6) is 0 Å². The van der Waals surface area contributed by atoms with Gasteiger partial charge in [0.1, 0.15) is 23.8 Å². The highest BCUT2D eigenvalue weighted by molar-refractivity contribution is 5.54. The van der Waals surface area contributed by atoms with Crippen molar-refractivity contribution in [3.05, 3.63) is 35.5 Å². The summed E-state index contributed by atoms with van der Waals surface area (Å²) in [6, 6.07) is 3.99. The second-order valence-electron chi connectivity index (χ2n) is 8.70. The molecule has 8 heteroatoms. The number of hydrogen-bond donors (Lipinski definition) is 0. The third-order valence-electron chi connectivity index (χ3n) is 5.63. The molecule has 0 unspecified atom stereocenters. The number of nitrogens with zero attached hydrogens (tertiary/aromatic N) is 8. The van der Waals surface area contributed by atoms with E-state index in [-0.39, 0.29) is 5.41 Å². The second kappa shape index (κ2) is 6.39. The highest BCUT2D eigenvalue weighted by Gasteiger charge is 2.29. The molecule has 0 saturated carbocycles. The zero-order valence-electron chi connectivity index (χ0n) is 16.8. The van der Waals surface area contributed by atoms with E-state index < -0.39 is 0 Å². The molecule has 8 nitrogen and oxygen atoms in total. The Kier molecular flexibility index (Phi) is 3.96. The first-order valence-electron chi connectivity index (χ1n) is 10.1. The highest BCUT2D eigenvalue weighted by Crippen LogP contribution is 2.32. The van der Waals surface area contributed by atoms with Gasteiger partial charge in [-0.15, -0.1) is 15.3 Å². The van der Waals surface area contributed by atoms with Crippen molar-refractivity contribution in [3.8, 4) is 0 Å². The largest absolute Gasteiger partial charge is 0.353 e. The molecule has 0 N–H and O–H groups in total. The molecule has 0 amide bonds. The van der Waals surface area contributed by atoms with Gasteiger partial charge in [0.2, 0.25) is 0 Å². The molecule has 5 rings (SSSR count). The van der Waals surface area contributed by atoms with E-state index in [4.69, 9.17) is 9.97 Å². The first kappa shape index (κ1) is 17.3. The van der Waals surface area contributed by atoms with Crippen LogP contribution in [0.15, 0.2) is 18.5 Å². The smallest absolute Gasteiger partial charge is 0.177 e. The molecule has 2 aliphatic rings. The van der Waals surface area contributed by atoms with Gasteiger partial charge in [0.25, 0.3) is 0 Å². The minimum atomic E-state index is -0.0354. The molecule has 1 saturated heterocycles. The summed E-state index contributed by atoms with van der Waals surface area (Å²) in [5.41, 5.74) is 3.36. The number of aryl methyl sites for hydroxylation is 1. The van der Waals surface area contributed by atoms with E-state index in [0.717, 1.165) is 62.1 Å². The van der Waals surface area contributed by atoms with E-state index in [1.54, 1.807) is 10.8 Å². The Bertz CT molecular complexity index is 1010. The first-order valence-corrected chi connectivity index (χ1v) is 10.1. The van der Waals surface area contributed by atoms with E-state index in [2.05, 4.69) is 45.9 Å². The molecule has 1 aliphatic heterocycles. The van der Waals surface area contributed by atoms with Gasteiger partial charge >= 0.3 is 0 Å². The van der Waals surface area contributed by atoms with E-state index >= 15 is 0 Å². The molecule has 0 radical (unpaired) electrons. The molecule has 0 bridgehead atoms. The lowest BCUT2D eigenvalue weighted by molar-refractivity contribution is 0.538. The van der Waals surface area contributed by atoms with Crippen LogP contribution in [-0.2, 0) is 18.3 Å². The molecule has 4 heterocycles. The van der Waals surface area contributed by atoms with Crippen molar-refractivity contribution >= 4 is 17.3 Å². The number of piperazine rings is 1.